The van der Waals surface area contributed by atoms with Crippen molar-refractivity contribution in [2.75, 3.05) is 12.3 Å². The third-order valence-corrected chi connectivity index (χ3v) is 3.54. The molecule has 1 saturated heterocycles. The summed E-state index contributed by atoms with van der Waals surface area (Å²) in [6.45, 7) is 3.09. The number of carbonyl (C=O) groups excluding carboxylic acids is 1. The first-order valence-corrected chi connectivity index (χ1v) is 6.36. The Bertz CT molecular complexity index is 415. The molecule has 0 bridgehead atoms. The normalized spacial score (nSPS) is 20.1. The molecule has 0 aromatic heterocycles. The first-order valence-electron chi connectivity index (χ1n) is 5.73. The van der Waals surface area contributed by atoms with Gasteiger partial charge in [0, 0.05) is 19.5 Å². The maximum Gasteiger partial charge on any atom is 0.223 e. The molecule has 1 unspecified atom stereocenters. The molecule has 0 N–H and O–H groups in total. The minimum Gasteiger partial charge on any atom is -0.338 e. The van der Waals surface area contributed by atoms with Crippen molar-refractivity contribution in [1.29, 1.82) is 0 Å². The average Bonchev–Trinajstić information content (AvgIpc) is 2.58. The third kappa shape index (κ3) is 3.00. The molecule has 1 aromatic rings. The summed E-state index contributed by atoms with van der Waals surface area (Å²) in [6.07, 6.45) is 0.567. The SMILES string of the molecule is Cc1cc(F)cc(CN2CC(CS)CC2=O)c1. The van der Waals surface area contributed by atoms with E-state index in [4.69, 9.17) is 0 Å². The van der Waals surface area contributed by atoms with Crippen LogP contribution in [0.5, 0.6) is 0 Å². The van der Waals surface area contributed by atoms with E-state index in [1.807, 2.05) is 13.0 Å². The summed E-state index contributed by atoms with van der Waals surface area (Å²) in [5.74, 6) is 0.966. The van der Waals surface area contributed by atoms with E-state index in [1.165, 1.54) is 12.1 Å². The van der Waals surface area contributed by atoms with Crippen LogP contribution in [0, 0.1) is 18.7 Å². The topological polar surface area (TPSA) is 20.3 Å². The van der Waals surface area contributed by atoms with E-state index in [2.05, 4.69) is 12.6 Å². The summed E-state index contributed by atoms with van der Waals surface area (Å²) in [6, 6.07) is 4.91. The fourth-order valence-electron chi connectivity index (χ4n) is 2.25. The van der Waals surface area contributed by atoms with E-state index in [0.29, 0.717) is 18.9 Å². The summed E-state index contributed by atoms with van der Waals surface area (Å²) >= 11 is 4.22. The minimum atomic E-state index is -0.239. The molecule has 17 heavy (non-hydrogen) atoms. The van der Waals surface area contributed by atoms with Crippen molar-refractivity contribution < 1.29 is 9.18 Å². The van der Waals surface area contributed by atoms with Gasteiger partial charge in [-0.05, 0) is 41.9 Å². The molecule has 1 fully saturated rings. The summed E-state index contributed by atoms with van der Waals surface area (Å²) in [5.41, 5.74) is 1.74. The zero-order chi connectivity index (χ0) is 12.4. The van der Waals surface area contributed by atoms with E-state index in [-0.39, 0.29) is 11.7 Å². The van der Waals surface area contributed by atoms with E-state index in [1.54, 1.807) is 4.90 Å². The molecule has 0 spiro atoms. The van der Waals surface area contributed by atoms with Crippen LogP contribution in [0.3, 0.4) is 0 Å². The summed E-state index contributed by atoms with van der Waals surface area (Å²) in [5, 5.41) is 0. The number of likely N-dealkylation sites (tertiary alicyclic amines) is 1. The predicted octanol–water partition coefficient (Wildman–Crippen LogP) is 2.41. The second-order valence-corrected chi connectivity index (χ2v) is 5.03. The summed E-state index contributed by atoms with van der Waals surface area (Å²) < 4.78 is 13.2. The fraction of sp³-hybridized carbons (Fsp3) is 0.462. The Morgan fingerprint density at radius 1 is 1.47 bits per heavy atom. The lowest BCUT2D eigenvalue weighted by atomic mass is 10.1. The van der Waals surface area contributed by atoms with Gasteiger partial charge in [-0.15, -0.1) is 0 Å². The van der Waals surface area contributed by atoms with Crippen molar-refractivity contribution in [1.82, 2.24) is 4.90 Å². The van der Waals surface area contributed by atoms with Gasteiger partial charge in [0.25, 0.3) is 0 Å². The highest BCUT2D eigenvalue weighted by Gasteiger charge is 2.28. The van der Waals surface area contributed by atoms with Crippen molar-refractivity contribution in [2.24, 2.45) is 5.92 Å². The van der Waals surface area contributed by atoms with Crippen LogP contribution in [-0.2, 0) is 11.3 Å². The number of hydrogen-bond acceptors (Lipinski definition) is 2. The van der Waals surface area contributed by atoms with Crippen LogP contribution in [0.15, 0.2) is 18.2 Å². The van der Waals surface area contributed by atoms with Gasteiger partial charge in [-0.25, -0.2) is 4.39 Å². The van der Waals surface area contributed by atoms with Gasteiger partial charge in [-0.1, -0.05) is 6.07 Å². The van der Waals surface area contributed by atoms with Crippen molar-refractivity contribution >= 4 is 18.5 Å². The van der Waals surface area contributed by atoms with E-state index >= 15 is 0 Å². The molecule has 1 aromatic carbocycles. The van der Waals surface area contributed by atoms with Crippen LogP contribution in [0.4, 0.5) is 4.39 Å². The van der Waals surface area contributed by atoms with Crippen LogP contribution in [0.2, 0.25) is 0 Å². The Kier molecular flexibility index (Phi) is 3.72. The van der Waals surface area contributed by atoms with E-state index in [9.17, 15) is 9.18 Å². The van der Waals surface area contributed by atoms with Gasteiger partial charge in [0.1, 0.15) is 5.82 Å². The molecule has 0 saturated carbocycles. The lowest BCUT2D eigenvalue weighted by molar-refractivity contribution is -0.128. The van der Waals surface area contributed by atoms with Crippen LogP contribution in [0.1, 0.15) is 17.5 Å². The molecular weight excluding hydrogens is 237 g/mol. The molecule has 1 heterocycles. The highest BCUT2D eigenvalue weighted by Crippen LogP contribution is 2.21. The molecular formula is C13H16FNOS. The lowest BCUT2D eigenvalue weighted by Crippen LogP contribution is -2.24. The molecule has 0 radical (unpaired) electrons. The summed E-state index contributed by atoms with van der Waals surface area (Å²) in [7, 11) is 0. The summed E-state index contributed by atoms with van der Waals surface area (Å²) in [4.78, 5) is 13.5. The predicted molar refractivity (Wildman–Crippen MR) is 68.5 cm³/mol. The standard InChI is InChI=1S/C13H16FNOS/c1-9-2-10(4-12(14)3-9)6-15-7-11(8-17)5-13(15)16/h2-4,11,17H,5-8H2,1H3. The Hall–Kier alpha value is -1.03. The Morgan fingerprint density at radius 2 is 2.24 bits per heavy atom. The third-order valence-electron chi connectivity index (χ3n) is 3.03. The van der Waals surface area contributed by atoms with Crippen LogP contribution in [-0.4, -0.2) is 23.1 Å². The maximum atomic E-state index is 13.2. The molecule has 1 amide bonds. The second-order valence-electron chi connectivity index (χ2n) is 4.66. The number of carbonyl (C=O) groups is 1. The van der Waals surface area contributed by atoms with Gasteiger partial charge in [0.2, 0.25) is 5.91 Å². The number of aryl methyl sites for hydroxylation is 1. The number of amides is 1. The van der Waals surface area contributed by atoms with Crippen molar-refractivity contribution in [3.8, 4) is 0 Å². The highest BCUT2D eigenvalue weighted by molar-refractivity contribution is 7.80. The van der Waals surface area contributed by atoms with Crippen LogP contribution < -0.4 is 0 Å². The number of hydrogen-bond donors (Lipinski definition) is 1. The van der Waals surface area contributed by atoms with Gasteiger partial charge < -0.3 is 4.90 Å². The zero-order valence-electron chi connectivity index (χ0n) is 9.82. The molecule has 2 rings (SSSR count). The van der Waals surface area contributed by atoms with Gasteiger partial charge in [-0.2, -0.15) is 12.6 Å². The molecule has 92 valence electrons. The average molecular weight is 253 g/mol. The number of benzene rings is 1. The largest absolute Gasteiger partial charge is 0.338 e. The van der Waals surface area contributed by atoms with E-state index in [0.717, 1.165) is 23.4 Å². The van der Waals surface area contributed by atoms with Crippen molar-refractivity contribution in [3.63, 3.8) is 0 Å². The minimum absolute atomic E-state index is 0.144. The quantitative estimate of drug-likeness (QED) is 0.820. The number of nitrogens with zero attached hydrogens (tertiary/aromatic N) is 1. The van der Waals surface area contributed by atoms with Gasteiger partial charge >= 0.3 is 0 Å². The second kappa shape index (κ2) is 5.08. The van der Waals surface area contributed by atoms with Crippen molar-refractivity contribution in [2.45, 2.75) is 19.9 Å². The lowest BCUT2D eigenvalue weighted by Gasteiger charge is -2.16. The zero-order valence-corrected chi connectivity index (χ0v) is 10.7. The highest BCUT2D eigenvalue weighted by atomic mass is 32.1. The molecule has 1 atom stereocenters. The Labute approximate surface area is 106 Å². The van der Waals surface area contributed by atoms with Gasteiger partial charge in [-0.3, -0.25) is 4.79 Å². The Balaban J connectivity index is 2.08. The van der Waals surface area contributed by atoms with Crippen LogP contribution >= 0.6 is 12.6 Å². The Morgan fingerprint density at radius 3 is 2.82 bits per heavy atom. The number of halogens is 1. The number of rotatable bonds is 3. The first-order chi connectivity index (χ1) is 8.08. The van der Waals surface area contributed by atoms with Crippen LogP contribution in [0.25, 0.3) is 0 Å². The first kappa shape index (κ1) is 12.4. The molecule has 0 aliphatic carbocycles. The smallest absolute Gasteiger partial charge is 0.223 e. The molecule has 2 nitrogen and oxygen atoms in total. The molecule has 4 heteroatoms. The van der Waals surface area contributed by atoms with Gasteiger partial charge in [0.15, 0.2) is 0 Å². The van der Waals surface area contributed by atoms with Gasteiger partial charge in [0.05, 0.1) is 0 Å². The number of thiol groups is 1. The monoisotopic (exact) mass is 253 g/mol. The van der Waals surface area contributed by atoms with Crippen molar-refractivity contribution in [3.05, 3.63) is 35.1 Å². The molecule has 1 aliphatic heterocycles. The fourth-order valence-corrected chi connectivity index (χ4v) is 2.50. The maximum absolute atomic E-state index is 13.2. The molecule has 1 aliphatic rings. The van der Waals surface area contributed by atoms with E-state index < -0.39 is 0 Å².